The Bertz CT molecular complexity index is 2340. The SMILES string of the molecule is CC/C=C\C/C=C\C/C=C\C/C=C\C/C=C\C/C=C\C/C=C\C/C=C\C/C=C\C/C=C\C/C=C\C/C=C\CCCCC(=O)OC(COC(=O)CCCCCCCCCCCCCCCCCCCCCCCCCCCCC/C=C\C/C=C\CCCCCCC)COP(=O)([O-])OCC[N+](C)(C)C. The smallest absolute Gasteiger partial charge is 0.306 e. The monoisotopic (exact) mass is 1430 g/mol. The molecule has 0 aromatic carbocycles. The third-order valence-electron chi connectivity index (χ3n) is 17.7. The second-order valence-corrected chi connectivity index (χ2v) is 30.2. The summed E-state index contributed by atoms with van der Waals surface area (Å²) in [7, 11) is 1.13. The van der Waals surface area contributed by atoms with Crippen molar-refractivity contribution in [1.82, 2.24) is 0 Å². The molecule has 0 saturated heterocycles. The van der Waals surface area contributed by atoms with Crippen molar-refractivity contribution in [1.29, 1.82) is 0 Å². The van der Waals surface area contributed by atoms with E-state index in [4.69, 9.17) is 18.5 Å². The number of rotatable bonds is 76. The third kappa shape index (κ3) is 84.3. The maximum absolute atomic E-state index is 12.9. The molecule has 0 aliphatic rings. The first kappa shape index (κ1) is 97.4. The van der Waals surface area contributed by atoms with E-state index in [9.17, 15) is 19.0 Å². The van der Waals surface area contributed by atoms with E-state index in [1.54, 1.807) is 0 Å². The Morgan fingerprint density at radius 1 is 0.314 bits per heavy atom. The molecule has 102 heavy (non-hydrogen) atoms. The Morgan fingerprint density at radius 3 is 0.853 bits per heavy atom. The van der Waals surface area contributed by atoms with Gasteiger partial charge in [-0.2, -0.15) is 0 Å². The average Bonchev–Trinajstić information content (AvgIpc) is 0.914. The van der Waals surface area contributed by atoms with Gasteiger partial charge in [-0.1, -0.05) is 370 Å². The Hall–Kier alpha value is -4.63. The van der Waals surface area contributed by atoms with Crippen molar-refractivity contribution in [2.24, 2.45) is 0 Å². The van der Waals surface area contributed by atoms with Gasteiger partial charge in [-0.15, -0.1) is 0 Å². The molecule has 0 rings (SSSR count). The molecule has 0 aromatic rings. The minimum absolute atomic E-state index is 0.0464. The molecule has 0 fully saturated rings. The topological polar surface area (TPSA) is 111 Å². The van der Waals surface area contributed by atoms with Gasteiger partial charge in [-0.25, -0.2) is 0 Å². The molecule has 0 saturated carbocycles. The summed E-state index contributed by atoms with van der Waals surface area (Å²) in [6.07, 6.45) is 122. The average molecular weight is 1440 g/mol. The highest BCUT2D eigenvalue weighted by molar-refractivity contribution is 7.45. The molecule has 0 heterocycles. The van der Waals surface area contributed by atoms with Gasteiger partial charge >= 0.3 is 11.9 Å². The van der Waals surface area contributed by atoms with Crippen LogP contribution in [-0.2, 0) is 32.7 Å². The molecule has 2 atom stereocenters. The summed E-state index contributed by atoms with van der Waals surface area (Å²) in [5, 5.41) is 0. The van der Waals surface area contributed by atoms with E-state index in [2.05, 4.69) is 184 Å². The quantitative estimate of drug-likeness (QED) is 0.0195. The summed E-state index contributed by atoms with van der Waals surface area (Å²) in [6.45, 7) is 4.08. The van der Waals surface area contributed by atoms with Gasteiger partial charge in [0.15, 0.2) is 6.10 Å². The van der Waals surface area contributed by atoms with Crippen LogP contribution < -0.4 is 4.89 Å². The summed E-state index contributed by atoms with van der Waals surface area (Å²) in [5.74, 6) is -0.884. The number of esters is 2. The summed E-state index contributed by atoms with van der Waals surface area (Å²) in [5.41, 5.74) is 0. The molecule has 0 amide bonds. The van der Waals surface area contributed by atoms with Gasteiger partial charge in [0, 0.05) is 12.8 Å². The van der Waals surface area contributed by atoms with E-state index in [-0.39, 0.29) is 26.1 Å². The van der Waals surface area contributed by atoms with Crippen LogP contribution in [0.4, 0.5) is 0 Å². The Labute approximate surface area is 629 Å². The summed E-state index contributed by atoms with van der Waals surface area (Å²) in [6, 6.07) is 0. The summed E-state index contributed by atoms with van der Waals surface area (Å²) < 4.78 is 34.3. The minimum atomic E-state index is -4.67. The molecular weight excluding hydrogens is 1280 g/mol. The fraction of sp³-hybridized carbons (Fsp3) is 0.674. The van der Waals surface area contributed by atoms with Crippen molar-refractivity contribution in [3.63, 3.8) is 0 Å². The first-order chi connectivity index (χ1) is 50.0. The predicted octanol–water partition coefficient (Wildman–Crippen LogP) is 27.8. The van der Waals surface area contributed by atoms with E-state index < -0.39 is 32.5 Å². The van der Waals surface area contributed by atoms with Crippen LogP contribution in [0.2, 0.25) is 0 Å². The zero-order valence-corrected chi connectivity index (χ0v) is 67.4. The fourth-order valence-electron chi connectivity index (χ4n) is 11.4. The molecule has 10 heteroatoms. The van der Waals surface area contributed by atoms with E-state index >= 15 is 0 Å². The zero-order valence-electron chi connectivity index (χ0n) is 66.5. The van der Waals surface area contributed by atoms with Crippen molar-refractivity contribution in [3.8, 4) is 0 Å². The van der Waals surface area contributed by atoms with Crippen LogP contribution >= 0.6 is 7.82 Å². The number of allylic oxidation sites excluding steroid dienone is 28. The van der Waals surface area contributed by atoms with Crippen LogP contribution in [0.5, 0.6) is 0 Å². The van der Waals surface area contributed by atoms with E-state index in [1.807, 2.05) is 21.1 Å². The molecular formula is C92H156NO8P. The molecule has 582 valence electrons. The third-order valence-corrected chi connectivity index (χ3v) is 18.7. The van der Waals surface area contributed by atoms with E-state index in [0.29, 0.717) is 17.4 Å². The van der Waals surface area contributed by atoms with Gasteiger partial charge in [0.1, 0.15) is 19.8 Å². The second kappa shape index (κ2) is 80.5. The largest absolute Gasteiger partial charge is 0.756 e. The first-order valence-corrected chi connectivity index (χ1v) is 43.3. The molecule has 0 aromatic heterocycles. The molecule has 2 unspecified atom stereocenters. The van der Waals surface area contributed by atoms with Gasteiger partial charge < -0.3 is 27.9 Å². The standard InChI is InChI=1S/C92H156NO8P/c1-6-8-10-12-14-16-18-20-22-24-26-28-30-32-34-36-38-40-42-44-46-48-50-52-54-56-58-60-62-64-66-68-70-72-74-76-78-80-82-84-91(94)98-88-90(89-100-102(96,97)99-87-86-93(3,4)5)101-92(95)85-83-81-79-77-75-73-71-69-67-65-63-61-59-57-55-53-51-49-47-45-43-41-39-37-35-33-31-29-27-25-23-21-19-17-15-13-11-9-7-2/h9,11,15,17-18,20-21,23-24,26-27,29,33,35,39,41,45,47,51,53,57,59,63,65,69,71,75,77,90H,6-8,10,12-14,16,19,22,25,28,30-32,34,36-38,40,42-44,46,48-50,52,54-56,58,60-62,64,66-68,70,72-74,76,78-89H2,1-5H3/b11-9-,17-15-,20-18-,23-21-,26-24-,29-27-,35-33-,41-39-,47-45-,53-51-,59-57-,65-63-,71-69-,77-75-. The van der Waals surface area contributed by atoms with Crippen molar-refractivity contribution < 1.29 is 42.1 Å². The Balaban J connectivity index is 4.06. The Kier molecular flexibility index (Phi) is 76.8. The van der Waals surface area contributed by atoms with Crippen LogP contribution in [0.25, 0.3) is 0 Å². The van der Waals surface area contributed by atoms with Crippen molar-refractivity contribution in [2.75, 3.05) is 47.5 Å². The number of phosphoric ester groups is 1. The van der Waals surface area contributed by atoms with Crippen LogP contribution in [0.15, 0.2) is 170 Å². The predicted molar refractivity (Wildman–Crippen MR) is 443 cm³/mol. The van der Waals surface area contributed by atoms with Crippen molar-refractivity contribution >= 4 is 19.8 Å². The molecule has 0 bridgehead atoms. The molecule has 0 aliphatic heterocycles. The van der Waals surface area contributed by atoms with E-state index in [1.165, 1.54) is 199 Å². The lowest BCUT2D eigenvalue weighted by atomic mass is 10.0. The molecule has 0 radical (unpaired) electrons. The molecule has 0 N–H and O–H groups in total. The van der Waals surface area contributed by atoms with E-state index in [0.717, 1.165) is 116 Å². The van der Waals surface area contributed by atoms with Gasteiger partial charge in [0.2, 0.25) is 0 Å². The number of unbranched alkanes of at least 4 members (excludes halogenated alkanes) is 34. The van der Waals surface area contributed by atoms with Crippen molar-refractivity contribution in [3.05, 3.63) is 170 Å². The van der Waals surface area contributed by atoms with Crippen LogP contribution in [-0.4, -0.2) is 70.0 Å². The second-order valence-electron chi connectivity index (χ2n) is 28.8. The lowest BCUT2D eigenvalue weighted by molar-refractivity contribution is -0.870. The fourth-order valence-corrected chi connectivity index (χ4v) is 12.1. The maximum Gasteiger partial charge on any atom is 0.306 e. The number of phosphoric acid groups is 1. The summed E-state index contributed by atoms with van der Waals surface area (Å²) in [4.78, 5) is 38.2. The van der Waals surface area contributed by atoms with Crippen molar-refractivity contribution in [2.45, 2.75) is 354 Å². The highest BCUT2D eigenvalue weighted by Crippen LogP contribution is 2.38. The van der Waals surface area contributed by atoms with Gasteiger partial charge in [0.25, 0.3) is 7.82 Å². The van der Waals surface area contributed by atoms with Gasteiger partial charge in [-0.05, 0) is 135 Å². The van der Waals surface area contributed by atoms with Gasteiger partial charge in [-0.3, -0.25) is 14.2 Å². The summed E-state index contributed by atoms with van der Waals surface area (Å²) >= 11 is 0. The molecule has 9 nitrogen and oxygen atoms in total. The number of nitrogens with zero attached hydrogens (tertiary/aromatic N) is 1. The minimum Gasteiger partial charge on any atom is -0.756 e. The van der Waals surface area contributed by atoms with Crippen LogP contribution in [0.1, 0.15) is 348 Å². The zero-order chi connectivity index (χ0) is 74.0. The normalized spacial score (nSPS) is 13.9. The highest BCUT2D eigenvalue weighted by Gasteiger charge is 2.22. The number of likely N-dealkylation sites (N-methyl/N-ethyl adjacent to an activating group) is 1. The number of carbonyl (C=O) groups excluding carboxylic acids is 2. The number of hydrogen-bond donors (Lipinski definition) is 0. The Morgan fingerprint density at radius 2 is 0.559 bits per heavy atom. The molecule has 0 aliphatic carbocycles. The van der Waals surface area contributed by atoms with Crippen LogP contribution in [0, 0.1) is 0 Å². The lowest BCUT2D eigenvalue weighted by Crippen LogP contribution is -2.37. The number of ether oxygens (including phenoxy) is 2. The number of quaternary nitrogens is 1. The first-order valence-electron chi connectivity index (χ1n) is 41.8. The van der Waals surface area contributed by atoms with Gasteiger partial charge in [0.05, 0.1) is 27.7 Å². The van der Waals surface area contributed by atoms with Crippen LogP contribution in [0.3, 0.4) is 0 Å². The lowest BCUT2D eigenvalue weighted by Gasteiger charge is -2.28. The number of carbonyl (C=O) groups is 2. The number of hydrogen-bond acceptors (Lipinski definition) is 8. The highest BCUT2D eigenvalue weighted by atomic mass is 31.2. The molecule has 0 spiro atoms. The maximum atomic E-state index is 12.9.